The maximum absolute atomic E-state index is 12.2. The second kappa shape index (κ2) is 6.21. The first-order valence-corrected chi connectivity index (χ1v) is 6.45. The van der Waals surface area contributed by atoms with Crippen molar-refractivity contribution in [2.24, 2.45) is 0 Å². The molecule has 21 heavy (non-hydrogen) atoms. The second-order valence-electron chi connectivity index (χ2n) is 4.71. The predicted octanol–water partition coefficient (Wildman–Crippen LogP) is 1.64. The Bertz CT molecular complexity index is 646. The molecule has 0 saturated heterocycles. The lowest BCUT2D eigenvalue weighted by molar-refractivity contribution is -0.119. The lowest BCUT2D eigenvalue weighted by atomic mass is 10.2. The molecule has 0 aliphatic carbocycles. The van der Waals surface area contributed by atoms with Gasteiger partial charge >= 0.3 is 5.97 Å². The van der Waals surface area contributed by atoms with Crippen LogP contribution in [0, 0.1) is 6.92 Å². The van der Waals surface area contributed by atoms with E-state index in [1.165, 1.54) is 12.0 Å². The van der Waals surface area contributed by atoms with Gasteiger partial charge in [-0.25, -0.2) is 4.79 Å². The first kappa shape index (κ1) is 14.8. The highest BCUT2D eigenvalue weighted by molar-refractivity contribution is 5.94. The highest BCUT2D eigenvalue weighted by Crippen LogP contribution is 2.15. The number of likely N-dealkylation sites (N-methyl/N-ethyl adjacent to an activating group) is 1. The molecule has 0 radical (unpaired) electrons. The van der Waals surface area contributed by atoms with E-state index in [2.05, 4.69) is 9.84 Å². The van der Waals surface area contributed by atoms with E-state index in [1.807, 2.05) is 13.1 Å². The zero-order chi connectivity index (χ0) is 15.4. The van der Waals surface area contributed by atoms with E-state index in [4.69, 9.17) is 0 Å². The van der Waals surface area contributed by atoms with Crippen molar-refractivity contribution in [2.45, 2.75) is 13.5 Å². The van der Waals surface area contributed by atoms with Gasteiger partial charge in [-0.3, -0.25) is 9.48 Å². The van der Waals surface area contributed by atoms with Crippen LogP contribution in [0.4, 0.5) is 5.69 Å². The summed E-state index contributed by atoms with van der Waals surface area (Å²) >= 11 is 0. The van der Waals surface area contributed by atoms with E-state index in [9.17, 15) is 9.59 Å². The molecule has 0 saturated carbocycles. The van der Waals surface area contributed by atoms with Crippen molar-refractivity contribution in [1.82, 2.24) is 9.78 Å². The predicted molar refractivity (Wildman–Crippen MR) is 78.2 cm³/mol. The number of ether oxygens (including phenoxy) is 1. The average Bonchev–Trinajstić information content (AvgIpc) is 2.90. The van der Waals surface area contributed by atoms with E-state index in [-0.39, 0.29) is 12.5 Å². The van der Waals surface area contributed by atoms with Crippen LogP contribution in [-0.4, -0.2) is 35.8 Å². The molecule has 0 spiro atoms. The smallest absolute Gasteiger partial charge is 0.337 e. The summed E-state index contributed by atoms with van der Waals surface area (Å²) in [6, 6.07) is 6.67. The minimum Gasteiger partial charge on any atom is -0.465 e. The van der Waals surface area contributed by atoms with Crippen LogP contribution in [0.25, 0.3) is 0 Å². The number of carbonyl (C=O) groups excluding carboxylic acids is 2. The molecule has 2 rings (SSSR count). The van der Waals surface area contributed by atoms with Gasteiger partial charge in [-0.05, 0) is 36.8 Å². The topological polar surface area (TPSA) is 64.4 Å². The number of aromatic nitrogens is 2. The molecule has 1 heterocycles. The van der Waals surface area contributed by atoms with Gasteiger partial charge in [0.25, 0.3) is 0 Å². The molecule has 0 aliphatic rings. The van der Waals surface area contributed by atoms with Gasteiger partial charge in [-0.2, -0.15) is 5.10 Å². The molecule has 6 nitrogen and oxygen atoms in total. The summed E-state index contributed by atoms with van der Waals surface area (Å²) in [4.78, 5) is 25.1. The molecular formula is C15H17N3O3. The van der Waals surface area contributed by atoms with Crippen LogP contribution in [0.3, 0.4) is 0 Å². The SMILES string of the molecule is COC(=O)c1ccc(N(C)C(=O)Cn2cc(C)cn2)cc1. The van der Waals surface area contributed by atoms with Crippen molar-refractivity contribution in [3.05, 3.63) is 47.8 Å². The first-order chi connectivity index (χ1) is 10.0. The van der Waals surface area contributed by atoms with Gasteiger partial charge in [0.15, 0.2) is 0 Å². The number of hydrogen-bond donors (Lipinski definition) is 0. The van der Waals surface area contributed by atoms with Crippen LogP contribution in [0.5, 0.6) is 0 Å². The van der Waals surface area contributed by atoms with Crippen LogP contribution in [-0.2, 0) is 16.1 Å². The fourth-order valence-corrected chi connectivity index (χ4v) is 1.88. The Labute approximate surface area is 122 Å². The van der Waals surface area contributed by atoms with Crippen molar-refractivity contribution >= 4 is 17.6 Å². The molecule has 0 atom stereocenters. The van der Waals surface area contributed by atoms with Gasteiger partial charge < -0.3 is 9.64 Å². The number of esters is 1. The molecule has 0 aliphatic heterocycles. The number of methoxy groups -OCH3 is 1. The monoisotopic (exact) mass is 287 g/mol. The first-order valence-electron chi connectivity index (χ1n) is 6.45. The highest BCUT2D eigenvalue weighted by Gasteiger charge is 2.13. The van der Waals surface area contributed by atoms with E-state index < -0.39 is 5.97 Å². The summed E-state index contributed by atoms with van der Waals surface area (Å²) in [5.41, 5.74) is 2.16. The molecule has 1 amide bonds. The third-order valence-electron chi connectivity index (χ3n) is 3.11. The number of benzene rings is 1. The van der Waals surface area contributed by atoms with Gasteiger partial charge in [0, 0.05) is 18.9 Å². The van der Waals surface area contributed by atoms with E-state index in [0.717, 1.165) is 5.56 Å². The standard InChI is InChI=1S/C15H17N3O3/c1-11-8-16-18(9-11)10-14(19)17(2)13-6-4-12(5-7-13)15(20)21-3/h4-9H,10H2,1-3H3. The van der Waals surface area contributed by atoms with Gasteiger partial charge in [0.2, 0.25) is 5.91 Å². The molecular weight excluding hydrogens is 270 g/mol. The van der Waals surface area contributed by atoms with Crippen LogP contribution in [0.1, 0.15) is 15.9 Å². The number of aryl methyl sites for hydroxylation is 1. The Kier molecular flexibility index (Phi) is 4.37. The number of rotatable bonds is 4. The molecule has 2 aromatic rings. The molecule has 6 heteroatoms. The van der Waals surface area contributed by atoms with Crippen molar-refractivity contribution in [2.75, 3.05) is 19.1 Å². The van der Waals surface area contributed by atoms with Crippen LogP contribution >= 0.6 is 0 Å². The molecule has 1 aromatic heterocycles. The lowest BCUT2D eigenvalue weighted by Crippen LogP contribution is -2.30. The Balaban J connectivity index is 2.06. The van der Waals surface area contributed by atoms with Gasteiger partial charge in [0.05, 0.1) is 18.9 Å². The molecule has 0 bridgehead atoms. The second-order valence-corrected chi connectivity index (χ2v) is 4.71. The van der Waals surface area contributed by atoms with Crippen molar-refractivity contribution in [1.29, 1.82) is 0 Å². The third kappa shape index (κ3) is 3.47. The lowest BCUT2D eigenvalue weighted by Gasteiger charge is -2.17. The summed E-state index contributed by atoms with van der Waals surface area (Å²) < 4.78 is 6.23. The normalized spacial score (nSPS) is 10.2. The quantitative estimate of drug-likeness (QED) is 0.802. The summed E-state index contributed by atoms with van der Waals surface area (Å²) in [7, 11) is 3.02. The number of anilines is 1. The van der Waals surface area contributed by atoms with Gasteiger partial charge in [-0.15, -0.1) is 0 Å². The Morgan fingerprint density at radius 3 is 2.48 bits per heavy atom. The fraction of sp³-hybridized carbons (Fsp3) is 0.267. The minimum absolute atomic E-state index is 0.0936. The summed E-state index contributed by atoms with van der Waals surface area (Å²) in [6.45, 7) is 2.09. The third-order valence-corrected chi connectivity index (χ3v) is 3.11. The van der Waals surface area contributed by atoms with Crippen LogP contribution in [0.2, 0.25) is 0 Å². The van der Waals surface area contributed by atoms with Crippen LogP contribution in [0.15, 0.2) is 36.7 Å². The average molecular weight is 287 g/mol. The minimum atomic E-state index is -0.400. The Morgan fingerprint density at radius 1 is 1.29 bits per heavy atom. The molecule has 1 aromatic carbocycles. The Morgan fingerprint density at radius 2 is 1.95 bits per heavy atom. The van der Waals surface area contributed by atoms with Gasteiger partial charge in [-0.1, -0.05) is 0 Å². The zero-order valence-electron chi connectivity index (χ0n) is 12.2. The van der Waals surface area contributed by atoms with Crippen molar-refractivity contribution < 1.29 is 14.3 Å². The number of amides is 1. The zero-order valence-corrected chi connectivity index (χ0v) is 12.2. The highest BCUT2D eigenvalue weighted by atomic mass is 16.5. The maximum Gasteiger partial charge on any atom is 0.337 e. The number of hydrogen-bond acceptors (Lipinski definition) is 4. The fourth-order valence-electron chi connectivity index (χ4n) is 1.88. The Hall–Kier alpha value is -2.63. The van der Waals surface area contributed by atoms with Crippen molar-refractivity contribution in [3.63, 3.8) is 0 Å². The van der Waals surface area contributed by atoms with E-state index >= 15 is 0 Å². The number of nitrogens with zero attached hydrogens (tertiary/aromatic N) is 3. The largest absolute Gasteiger partial charge is 0.465 e. The van der Waals surface area contributed by atoms with E-state index in [0.29, 0.717) is 11.3 Å². The maximum atomic E-state index is 12.2. The van der Waals surface area contributed by atoms with Gasteiger partial charge in [0.1, 0.15) is 6.54 Å². The molecule has 0 N–H and O–H groups in total. The van der Waals surface area contributed by atoms with Crippen LogP contribution < -0.4 is 4.90 Å². The summed E-state index contributed by atoms with van der Waals surface area (Å²) in [6.07, 6.45) is 3.52. The molecule has 110 valence electrons. The molecule has 0 fully saturated rings. The molecule has 0 unspecified atom stereocenters. The summed E-state index contributed by atoms with van der Waals surface area (Å²) in [5.74, 6) is -0.494. The van der Waals surface area contributed by atoms with Crippen molar-refractivity contribution in [3.8, 4) is 0 Å². The number of carbonyl (C=O) groups is 2. The summed E-state index contributed by atoms with van der Waals surface area (Å²) in [5, 5.41) is 4.09. The van der Waals surface area contributed by atoms with E-state index in [1.54, 1.807) is 42.2 Å².